The van der Waals surface area contributed by atoms with Crippen LogP contribution in [0.1, 0.15) is 12.0 Å². The molecule has 2 amide bonds. The summed E-state index contributed by atoms with van der Waals surface area (Å²) in [6.45, 7) is 0.557. The van der Waals surface area contributed by atoms with Gasteiger partial charge in [-0.2, -0.15) is 0 Å². The van der Waals surface area contributed by atoms with Gasteiger partial charge in [0, 0.05) is 31.7 Å². The van der Waals surface area contributed by atoms with Crippen LogP contribution in [0, 0.1) is 0 Å². The van der Waals surface area contributed by atoms with Crippen LogP contribution in [-0.2, 0) is 16.1 Å². The SMILES string of the molecule is CN1C(=O)CC(NCc2ccc(-n3ccnc3)cc2)C1=O. The van der Waals surface area contributed by atoms with Crippen LogP contribution in [-0.4, -0.2) is 39.4 Å². The van der Waals surface area contributed by atoms with Gasteiger partial charge in [-0.3, -0.25) is 14.5 Å². The molecule has 6 heteroatoms. The van der Waals surface area contributed by atoms with Gasteiger partial charge in [0.2, 0.25) is 11.8 Å². The normalized spacial score (nSPS) is 18.5. The van der Waals surface area contributed by atoms with E-state index in [1.165, 1.54) is 11.9 Å². The lowest BCUT2D eigenvalue weighted by atomic mass is 10.1. The fourth-order valence-corrected chi connectivity index (χ4v) is 2.35. The lowest BCUT2D eigenvalue weighted by Gasteiger charge is -2.11. The summed E-state index contributed by atoms with van der Waals surface area (Å²) < 4.78 is 1.92. The summed E-state index contributed by atoms with van der Waals surface area (Å²) in [6.07, 6.45) is 5.59. The van der Waals surface area contributed by atoms with Gasteiger partial charge in [-0.1, -0.05) is 12.1 Å². The monoisotopic (exact) mass is 284 g/mol. The number of carbonyl (C=O) groups is 2. The minimum Gasteiger partial charge on any atom is -0.306 e. The molecular formula is C15H16N4O2. The standard InChI is InChI=1S/C15H16N4O2/c1-18-14(20)8-13(15(18)21)17-9-11-2-4-12(5-3-11)19-7-6-16-10-19/h2-7,10,13,17H,8-9H2,1H3. The zero-order chi connectivity index (χ0) is 14.8. The van der Waals surface area contributed by atoms with Crippen LogP contribution >= 0.6 is 0 Å². The Labute approximate surface area is 122 Å². The van der Waals surface area contributed by atoms with Gasteiger partial charge < -0.3 is 9.88 Å². The molecule has 6 nitrogen and oxygen atoms in total. The van der Waals surface area contributed by atoms with Crippen LogP contribution in [0.25, 0.3) is 5.69 Å². The Balaban J connectivity index is 1.61. The summed E-state index contributed by atoms with van der Waals surface area (Å²) in [6, 6.07) is 7.57. The van der Waals surface area contributed by atoms with Crippen molar-refractivity contribution >= 4 is 11.8 Å². The van der Waals surface area contributed by atoms with Crippen LogP contribution in [0.15, 0.2) is 43.0 Å². The van der Waals surface area contributed by atoms with Crippen molar-refractivity contribution in [1.82, 2.24) is 19.8 Å². The minimum atomic E-state index is -0.407. The first-order valence-electron chi connectivity index (χ1n) is 6.76. The number of likely N-dealkylation sites (tertiary alicyclic amines) is 1. The van der Waals surface area contributed by atoms with Gasteiger partial charge in [0.05, 0.1) is 18.8 Å². The summed E-state index contributed by atoms with van der Waals surface area (Å²) in [5.74, 6) is -0.289. The maximum atomic E-state index is 11.8. The van der Waals surface area contributed by atoms with Crippen LogP contribution in [0.5, 0.6) is 0 Å². The number of carbonyl (C=O) groups excluding carboxylic acids is 2. The molecule has 1 fully saturated rings. The summed E-state index contributed by atoms with van der Waals surface area (Å²) in [5, 5.41) is 3.13. The van der Waals surface area contributed by atoms with Gasteiger partial charge >= 0.3 is 0 Å². The first-order chi connectivity index (χ1) is 10.1. The van der Waals surface area contributed by atoms with Crippen molar-refractivity contribution in [3.63, 3.8) is 0 Å². The predicted octanol–water partition coefficient (Wildman–Crippen LogP) is 0.719. The van der Waals surface area contributed by atoms with E-state index in [-0.39, 0.29) is 18.2 Å². The van der Waals surface area contributed by atoms with E-state index >= 15 is 0 Å². The number of imide groups is 1. The summed E-state index contributed by atoms with van der Waals surface area (Å²) in [7, 11) is 1.52. The number of aromatic nitrogens is 2. The van der Waals surface area contributed by atoms with Crippen LogP contribution in [0.4, 0.5) is 0 Å². The average Bonchev–Trinajstić information content (AvgIpc) is 3.11. The van der Waals surface area contributed by atoms with Crippen molar-refractivity contribution in [2.45, 2.75) is 19.0 Å². The third-order valence-electron chi connectivity index (χ3n) is 3.67. The quantitative estimate of drug-likeness (QED) is 0.840. The molecule has 0 radical (unpaired) electrons. The van der Waals surface area contributed by atoms with E-state index < -0.39 is 6.04 Å². The van der Waals surface area contributed by atoms with Crippen molar-refractivity contribution in [1.29, 1.82) is 0 Å². The summed E-state index contributed by atoms with van der Waals surface area (Å²) in [5.41, 5.74) is 2.09. The molecular weight excluding hydrogens is 268 g/mol. The molecule has 2 heterocycles. The number of hydrogen-bond donors (Lipinski definition) is 1. The van der Waals surface area contributed by atoms with Gasteiger partial charge in [-0.15, -0.1) is 0 Å². The van der Waals surface area contributed by atoms with Gasteiger partial charge in [-0.25, -0.2) is 4.98 Å². The average molecular weight is 284 g/mol. The number of likely N-dealkylation sites (N-methyl/N-ethyl adjacent to an activating group) is 1. The molecule has 0 aliphatic carbocycles. The van der Waals surface area contributed by atoms with Crippen LogP contribution < -0.4 is 5.32 Å². The largest absolute Gasteiger partial charge is 0.306 e. The van der Waals surface area contributed by atoms with Gasteiger partial charge in [0.15, 0.2) is 0 Å². The highest BCUT2D eigenvalue weighted by atomic mass is 16.2. The fraction of sp³-hybridized carbons (Fsp3) is 0.267. The summed E-state index contributed by atoms with van der Waals surface area (Å²) in [4.78, 5) is 28.4. The number of nitrogens with zero attached hydrogens (tertiary/aromatic N) is 3. The lowest BCUT2D eigenvalue weighted by Crippen LogP contribution is -2.36. The summed E-state index contributed by atoms with van der Waals surface area (Å²) >= 11 is 0. The smallest absolute Gasteiger partial charge is 0.246 e. The van der Waals surface area contributed by atoms with E-state index in [4.69, 9.17) is 0 Å². The van der Waals surface area contributed by atoms with Crippen molar-refractivity contribution in [3.05, 3.63) is 48.5 Å². The number of imidazole rings is 1. The molecule has 1 atom stereocenters. The number of amides is 2. The van der Waals surface area contributed by atoms with E-state index in [0.29, 0.717) is 6.54 Å². The van der Waals surface area contributed by atoms with Gasteiger partial charge in [0.25, 0.3) is 0 Å². The van der Waals surface area contributed by atoms with Gasteiger partial charge in [-0.05, 0) is 17.7 Å². The molecule has 0 saturated carbocycles. The molecule has 1 aromatic heterocycles. The zero-order valence-electron chi connectivity index (χ0n) is 11.7. The Kier molecular flexibility index (Phi) is 3.53. The van der Waals surface area contributed by atoms with Crippen LogP contribution in [0.2, 0.25) is 0 Å². The molecule has 1 aliphatic heterocycles. The molecule has 1 saturated heterocycles. The third-order valence-corrected chi connectivity index (χ3v) is 3.67. The first kappa shape index (κ1) is 13.5. The first-order valence-corrected chi connectivity index (χ1v) is 6.76. The molecule has 1 aromatic carbocycles. The maximum Gasteiger partial charge on any atom is 0.246 e. The number of rotatable bonds is 4. The zero-order valence-corrected chi connectivity index (χ0v) is 11.7. The molecule has 0 spiro atoms. The van der Waals surface area contributed by atoms with E-state index in [0.717, 1.165) is 11.3 Å². The number of nitrogens with one attached hydrogen (secondary N) is 1. The topological polar surface area (TPSA) is 67.2 Å². The van der Waals surface area contributed by atoms with E-state index in [2.05, 4.69) is 10.3 Å². The molecule has 1 unspecified atom stereocenters. The second-order valence-electron chi connectivity index (χ2n) is 5.07. The van der Waals surface area contributed by atoms with Crippen molar-refractivity contribution < 1.29 is 9.59 Å². The molecule has 1 aliphatic rings. The Bertz CT molecular complexity index is 649. The van der Waals surface area contributed by atoms with E-state index in [1.807, 2.05) is 35.0 Å². The molecule has 1 N–H and O–H groups in total. The lowest BCUT2D eigenvalue weighted by molar-refractivity contribution is -0.137. The molecule has 3 rings (SSSR count). The second-order valence-corrected chi connectivity index (χ2v) is 5.07. The predicted molar refractivity (Wildman–Crippen MR) is 76.6 cm³/mol. The Hall–Kier alpha value is -2.47. The maximum absolute atomic E-state index is 11.8. The highest BCUT2D eigenvalue weighted by Gasteiger charge is 2.35. The number of hydrogen-bond acceptors (Lipinski definition) is 4. The molecule has 21 heavy (non-hydrogen) atoms. The van der Waals surface area contributed by atoms with Crippen molar-refractivity contribution in [3.8, 4) is 5.69 Å². The Morgan fingerprint density at radius 2 is 2.05 bits per heavy atom. The van der Waals surface area contributed by atoms with Crippen molar-refractivity contribution in [2.75, 3.05) is 7.05 Å². The fourth-order valence-electron chi connectivity index (χ4n) is 2.35. The Morgan fingerprint density at radius 3 is 2.62 bits per heavy atom. The third kappa shape index (κ3) is 2.71. The van der Waals surface area contributed by atoms with Crippen molar-refractivity contribution in [2.24, 2.45) is 0 Å². The number of benzene rings is 1. The minimum absolute atomic E-state index is 0.132. The molecule has 108 valence electrons. The molecule has 2 aromatic rings. The van der Waals surface area contributed by atoms with Crippen LogP contribution in [0.3, 0.4) is 0 Å². The Morgan fingerprint density at radius 1 is 1.29 bits per heavy atom. The van der Waals surface area contributed by atoms with Gasteiger partial charge in [0.1, 0.15) is 0 Å². The second kappa shape index (κ2) is 5.49. The molecule has 0 bridgehead atoms. The van der Waals surface area contributed by atoms with E-state index in [1.54, 1.807) is 12.5 Å². The van der Waals surface area contributed by atoms with E-state index in [9.17, 15) is 9.59 Å². The highest BCUT2D eigenvalue weighted by Crippen LogP contribution is 2.13. The highest BCUT2D eigenvalue weighted by molar-refractivity contribution is 6.05.